The zero-order valence-electron chi connectivity index (χ0n) is 38.3. The van der Waals surface area contributed by atoms with Crippen LogP contribution in [0.5, 0.6) is 0 Å². The highest BCUT2D eigenvalue weighted by Crippen LogP contribution is 2.43. The van der Waals surface area contributed by atoms with E-state index in [0.717, 1.165) is 57.3 Å². The predicted octanol–water partition coefficient (Wildman–Crippen LogP) is 9.62. The van der Waals surface area contributed by atoms with Crippen molar-refractivity contribution >= 4 is 25.5 Å². The number of phosphoric acid groups is 1. The highest BCUT2D eigenvalue weighted by Gasteiger charge is 2.39. The summed E-state index contributed by atoms with van der Waals surface area (Å²) in [6.07, 6.45) is 26.5. The van der Waals surface area contributed by atoms with Crippen LogP contribution in [-0.2, 0) is 37.5 Å². The third-order valence-electron chi connectivity index (χ3n) is 11.5. The normalized spacial score (nSPS) is 19.4. The zero-order chi connectivity index (χ0) is 45.1. The van der Waals surface area contributed by atoms with Crippen LogP contribution >= 0.6 is 7.82 Å². The number of hydrogen-bond acceptors (Lipinski definition) is 12. The van der Waals surface area contributed by atoms with E-state index in [1.54, 1.807) is 12.2 Å². The van der Waals surface area contributed by atoms with Gasteiger partial charge in [-0.1, -0.05) is 168 Å². The van der Waals surface area contributed by atoms with Gasteiger partial charge in [-0.05, 0) is 37.5 Å². The van der Waals surface area contributed by atoms with Crippen LogP contribution in [0.2, 0.25) is 0 Å². The summed E-state index contributed by atoms with van der Waals surface area (Å²) < 4.78 is 32.8. The Bertz CT molecular complexity index is 1200. The number of carbonyl (C=O) groups excluding carboxylic acids is 3. The van der Waals surface area contributed by atoms with Crippen molar-refractivity contribution in [3.8, 4) is 0 Å². The van der Waals surface area contributed by atoms with Crippen LogP contribution < -0.4 is 0 Å². The second kappa shape index (κ2) is 36.6. The Morgan fingerprint density at radius 1 is 0.721 bits per heavy atom. The molecule has 7 atom stereocenters. The molecule has 1 aliphatic rings. The SMILES string of the molecule is CCCCC[C@H](O)/C=C/[C@H]1C(=O)C[C@H](O)[C@@H]1CCCCCCC(=O)OC[C@H](COP(=O)(O)OC[C@@H](O)CO)OC(=O)CCCCCCCCCCCCCCCCCC(C)C. The summed E-state index contributed by atoms with van der Waals surface area (Å²) in [5, 5.41) is 39.2. The average molecular weight is 891 g/mol. The quantitative estimate of drug-likeness (QED) is 0.0168. The first-order chi connectivity index (χ1) is 29.3. The second-order valence-electron chi connectivity index (χ2n) is 17.8. The van der Waals surface area contributed by atoms with Crippen molar-refractivity contribution in [2.24, 2.45) is 17.8 Å². The van der Waals surface area contributed by atoms with Crippen LogP contribution in [0.25, 0.3) is 0 Å². The monoisotopic (exact) mass is 891 g/mol. The van der Waals surface area contributed by atoms with E-state index in [1.807, 2.05) is 0 Å². The summed E-state index contributed by atoms with van der Waals surface area (Å²) in [5.74, 6) is -0.867. The summed E-state index contributed by atoms with van der Waals surface area (Å²) in [5.41, 5.74) is 0. The lowest BCUT2D eigenvalue weighted by Gasteiger charge is -2.20. The molecule has 0 aromatic rings. The largest absolute Gasteiger partial charge is 0.472 e. The van der Waals surface area contributed by atoms with Gasteiger partial charge in [-0.3, -0.25) is 23.4 Å². The van der Waals surface area contributed by atoms with Gasteiger partial charge in [0, 0.05) is 25.2 Å². The maximum absolute atomic E-state index is 12.7. The van der Waals surface area contributed by atoms with Crippen molar-refractivity contribution < 1.29 is 62.8 Å². The number of rotatable bonds is 41. The molecule has 0 heterocycles. The minimum atomic E-state index is -4.68. The maximum atomic E-state index is 12.7. The van der Waals surface area contributed by atoms with Gasteiger partial charge in [0.15, 0.2) is 6.10 Å². The second-order valence-corrected chi connectivity index (χ2v) is 19.2. The van der Waals surface area contributed by atoms with E-state index in [1.165, 1.54) is 77.0 Å². The molecule has 0 bridgehead atoms. The molecule has 0 aliphatic heterocycles. The molecule has 1 aliphatic carbocycles. The number of ketones is 1. The van der Waals surface area contributed by atoms with Crippen molar-refractivity contribution in [3.05, 3.63) is 12.2 Å². The number of phosphoric ester groups is 1. The molecule has 0 spiro atoms. The van der Waals surface area contributed by atoms with Gasteiger partial charge in [0.25, 0.3) is 0 Å². The lowest BCUT2D eigenvalue weighted by molar-refractivity contribution is -0.161. The van der Waals surface area contributed by atoms with Gasteiger partial charge in [0.05, 0.1) is 32.0 Å². The number of esters is 2. The lowest BCUT2D eigenvalue weighted by Crippen LogP contribution is -2.29. The molecule has 0 aromatic carbocycles. The van der Waals surface area contributed by atoms with E-state index in [2.05, 4.69) is 20.8 Å². The molecule has 1 saturated carbocycles. The van der Waals surface area contributed by atoms with E-state index in [0.29, 0.717) is 32.1 Å². The third kappa shape index (κ3) is 31.7. The Kier molecular flexibility index (Phi) is 34.4. The molecule has 0 saturated heterocycles. The van der Waals surface area contributed by atoms with Gasteiger partial charge in [-0.25, -0.2) is 4.57 Å². The van der Waals surface area contributed by atoms with Crippen molar-refractivity contribution in [1.29, 1.82) is 0 Å². The Morgan fingerprint density at radius 3 is 1.79 bits per heavy atom. The van der Waals surface area contributed by atoms with Crippen LogP contribution in [0.15, 0.2) is 12.2 Å². The summed E-state index contributed by atoms with van der Waals surface area (Å²) in [6.45, 7) is 4.37. The van der Waals surface area contributed by atoms with E-state index in [4.69, 9.17) is 23.6 Å². The summed E-state index contributed by atoms with van der Waals surface area (Å²) in [6, 6.07) is 0. The maximum Gasteiger partial charge on any atom is 0.472 e. The molecule has 1 rings (SSSR count). The summed E-state index contributed by atoms with van der Waals surface area (Å²) >= 11 is 0. The first-order valence-electron chi connectivity index (χ1n) is 24.1. The molecule has 1 unspecified atom stereocenters. The Morgan fingerprint density at radius 2 is 1.23 bits per heavy atom. The first kappa shape index (κ1) is 57.3. The van der Waals surface area contributed by atoms with Gasteiger partial charge < -0.3 is 34.8 Å². The van der Waals surface area contributed by atoms with Gasteiger partial charge in [-0.2, -0.15) is 0 Å². The van der Waals surface area contributed by atoms with Crippen LogP contribution in [0, 0.1) is 17.8 Å². The van der Waals surface area contributed by atoms with Gasteiger partial charge in [0.1, 0.15) is 18.5 Å². The number of hydrogen-bond donors (Lipinski definition) is 5. The van der Waals surface area contributed by atoms with Gasteiger partial charge >= 0.3 is 19.8 Å². The fraction of sp³-hybridized carbons (Fsp3) is 0.894. The van der Waals surface area contributed by atoms with E-state index in [-0.39, 0.29) is 31.0 Å². The van der Waals surface area contributed by atoms with Crippen molar-refractivity contribution in [2.45, 2.75) is 225 Å². The van der Waals surface area contributed by atoms with Crippen molar-refractivity contribution in [3.63, 3.8) is 0 Å². The van der Waals surface area contributed by atoms with Crippen LogP contribution in [0.3, 0.4) is 0 Å². The topological polar surface area (TPSA) is 206 Å². The third-order valence-corrected chi connectivity index (χ3v) is 12.5. The molecule has 0 amide bonds. The molecule has 358 valence electrons. The summed E-state index contributed by atoms with van der Waals surface area (Å²) in [4.78, 5) is 47.8. The predicted molar refractivity (Wildman–Crippen MR) is 239 cm³/mol. The van der Waals surface area contributed by atoms with E-state index < -0.39 is 76.5 Å². The lowest BCUT2D eigenvalue weighted by atomic mass is 9.88. The van der Waals surface area contributed by atoms with Crippen LogP contribution in [-0.4, -0.2) is 93.9 Å². The highest BCUT2D eigenvalue weighted by molar-refractivity contribution is 7.47. The minimum Gasteiger partial charge on any atom is -0.462 e. The zero-order valence-corrected chi connectivity index (χ0v) is 39.2. The molecule has 5 N–H and O–H groups in total. The highest BCUT2D eigenvalue weighted by atomic mass is 31.2. The molecular weight excluding hydrogens is 803 g/mol. The molecule has 13 nitrogen and oxygen atoms in total. The Labute approximate surface area is 368 Å². The molecular formula is C47H87O13P. The summed E-state index contributed by atoms with van der Waals surface area (Å²) in [7, 11) is -4.68. The van der Waals surface area contributed by atoms with Crippen molar-refractivity contribution in [2.75, 3.05) is 26.4 Å². The Hall–Kier alpha value is -1.70. The van der Waals surface area contributed by atoms with E-state index in [9.17, 15) is 39.2 Å². The molecule has 1 fully saturated rings. The molecule has 61 heavy (non-hydrogen) atoms. The number of aliphatic hydroxyl groups is 4. The molecule has 0 radical (unpaired) electrons. The van der Waals surface area contributed by atoms with Crippen LogP contribution in [0.4, 0.5) is 0 Å². The smallest absolute Gasteiger partial charge is 0.462 e. The number of carbonyl (C=O) groups is 3. The standard InChI is InChI=1S/C47H87O13P/c1-4-5-21-27-39(49)31-32-43-42(44(51)33-45(43)52)28-23-19-20-24-29-46(53)57-36-41(37-59-61(55,56)58-35-40(50)34-48)60-47(54)30-25-18-16-14-12-10-8-6-7-9-11-13-15-17-22-26-38(2)3/h31-32,38-44,48-51H,4-30,33-37H2,1-3H3,(H,55,56)/b32-31+/t39-,40-,41+,42+,43+,44-/m0/s1. The van der Waals surface area contributed by atoms with Gasteiger partial charge in [0.2, 0.25) is 0 Å². The number of Topliss-reactive ketones (excluding diaryl/α,β-unsaturated/α-hetero) is 1. The number of ether oxygens (including phenoxy) is 2. The number of allylic oxidation sites excluding steroid dienone is 1. The minimum absolute atomic E-state index is 0.00766. The van der Waals surface area contributed by atoms with E-state index >= 15 is 0 Å². The van der Waals surface area contributed by atoms with Crippen molar-refractivity contribution in [1.82, 2.24) is 0 Å². The fourth-order valence-corrected chi connectivity index (χ4v) is 8.52. The first-order valence-corrected chi connectivity index (χ1v) is 25.6. The number of unbranched alkanes of at least 4 members (excludes halogenated alkanes) is 19. The number of aliphatic hydroxyl groups excluding tert-OH is 4. The van der Waals surface area contributed by atoms with Crippen LogP contribution in [0.1, 0.15) is 201 Å². The Balaban J connectivity index is 2.37. The molecule has 0 aromatic heterocycles. The fourth-order valence-electron chi connectivity index (χ4n) is 7.73. The van der Waals surface area contributed by atoms with Gasteiger partial charge in [-0.15, -0.1) is 0 Å². The molecule has 14 heteroatoms. The average Bonchev–Trinajstić information content (AvgIpc) is 3.49.